The molecule has 8 heteroatoms. The number of halogens is 3. The predicted octanol–water partition coefficient (Wildman–Crippen LogP) is 2.49. The molecule has 1 aromatic rings. The lowest BCUT2D eigenvalue weighted by atomic mass is 10.1. The molecule has 0 saturated heterocycles. The molecule has 1 aromatic carbocycles. The van der Waals surface area contributed by atoms with Crippen molar-refractivity contribution in [2.24, 2.45) is 5.92 Å². The molecule has 1 N–H and O–H groups in total. The minimum absolute atomic E-state index is 0.0970. The van der Waals surface area contributed by atoms with E-state index in [0.717, 1.165) is 28.9 Å². The molecular formula is C14H18F3NO3S. The third kappa shape index (κ3) is 3.61. The molecular weight excluding hydrogens is 319 g/mol. The van der Waals surface area contributed by atoms with E-state index >= 15 is 0 Å². The second kappa shape index (κ2) is 6.17. The number of hydrogen-bond donors (Lipinski definition) is 1. The van der Waals surface area contributed by atoms with E-state index in [0.29, 0.717) is 18.9 Å². The van der Waals surface area contributed by atoms with Crippen LogP contribution in [0.15, 0.2) is 29.2 Å². The molecule has 0 radical (unpaired) electrons. The fourth-order valence-corrected chi connectivity index (χ4v) is 3.95. The Labute approximate surface area is 127 Å². The highest BCUT2D eigenvalue weighted by molar-refractivity contribution is 7.89. The summed E-state index contributed by atoms with van der Waals surface area (Å²) >= 11 is 0. The molecule has 1 saturated carbocycles. The average molecular weight is 337 g/mol. The number of benzene rings is 1. The van der Waals surface area contributed by atoms with E-state index in [2.05, 4.69) is 0 Å². The van der Waals surface area contributed by atoms with Crippen molar-refractivity contribution in [2.45, 2.75) is 36.4 Å². The second-order valence-electron chi connectivity index (χ2n) is 5.57. The van der Waals surface area contributed by atoms with Crippen LogP contribution in [0.3, 0.4) is 0 Å². The summed E-state index contributed by atoms with van der Waals surface area (Å²) in [4.78, 5) is -0.391. The highest BCUT2D eigenvalue weighted by atomic mass is 32.2. The van der Waals surface area contributed by atoms with Gasteiger partial charge in [0.05, 0.1) is 16.6 Å². The molecule has 0 spiro atoms. The van der Waals surface area contributed by atoms with Crippen molar-refractivity contribution in [1.29, 1.82) is 0 Å². The van der Waals surface area contributed by atoms with Crippen molar-refractivity contribution in [1.82, 2.24) is 4.31 Å². The summed E-state index contributed by atoms with van der Waals surface area (Å²) in [5.74, 6) is -0.175. The number of sulfonamides is 1. The van der Waals surface area contributed by atoms with Gasteiger partial charge in [0.2, 0.25) is 10.0 Å². The van der Waals surface area contributed by atoms with Gasteiger partial charge < -0.3 is 5.11 Å². The van der Waals surface area contributed by atoms with E-state index in [9.17, 15) is 26.7 Å². The minimum Gasteiger partial charge on any atom is -0.393 e. The number of aliphatic hydroxyl groups excluding tert-OH is 1. The average Bonchev–Trinajstić information content (AvgIpc) is 2.83. The van der Waals surface area contributed by atoms with Gasteiger partial charge in [0.15, 0.2) is 0 Å². The van der Waals surface area contributed by atoms with Crippen LogP contribution in [0.4, 0.5) is 13.2 Å². The molecule has 2 unspecified atom stereocenters. The third-order valence-corrected chi connectivity index (χ3v) is 5.80. The Morgan fingerprint density at radius 1 is 1.32 bits per heavy atom. The lowest BCUT2D eigenvalue weighted by molar-refractivity contribution is -0.137. The Kier molecular flexibility index (Phi) is 4.84. The monoisotopic (exact) mass is 337 g/mol. The molecule has 1 aliphatic rings. The first-order valence-corrected chi connectivity index (χ1v) is 8.38. The van der Waals surface area contributed by atoms with Gasteiger partial charge in [-0.05, 0) is 37.0 Å². The van der Waals surface area contributed by atoms with Crippen molar-refractivity contribution in [2.75, 3.05) is 13.6 Å². The van der Waals surface area contributed by atoms with Gasteiger partial charge in [-0.3, -0.25) is 0 Å². The van der Waals surface area contributed by atoms with Crippen molar-refractivity contribution in [3.63, 3.8) is 0 Å². The zero-order valence-electron chi connectivity index (χ0n) is 12.0. The number of nitrogens with zero attached hydrogens (tertiary/aromatic N) is 1. The van der Waals surface area contributed by atoms with Gasteiger partial charge >= 0.3 is 6.18 Å². The number of alkyl halides is 3. The van der Waals surface area contributed by atoms with Gasteiger partial charge in [0, 0.05) is 13.6 Å². The lowest BCUT2D eigenvalue weighted by Gasteiger charge is -2.23. The van der Waals surface area contributed by atoms with Gasteiger partial charge in [-0.15, -0.1) is 0 Å². The SMILES string of the molecule is CN(CC1CCCC1O)S(=O)(=O)c1cccc(C(F)(F)F)c1. The molecule has 4 nitrogen and oxygen atoms in total. The quantitative estimate of drug-likeness (QED) is 0.918. The van der Waals surface area contributed by atoms with Gasteiger partial charge in [-0.1, -0.05) is 12.5 Å². The first-order valence-electron chi connectivity index (χ1n) is 6.94. The summed E-state index contributed by atoms with van der Waals surface area (Å²) in [5.41, 5.74) is -0.997. The van der Waals surface area contributed by atoms with E-state index in [1.807, 2.05) is 0 Å². The molecule has 124 valence electrons. The van der Waals surface area contributed by atoms with E-state index in [1.54, 1.807) is 0 Å². The third-order valence-electron chi connectivity index (χ3n) is 3.98. The predicted molar refractivity (Wildman–Crippen MR) is 74.6 cm³/mol. The molecule has 0 amide bonds. The Morgan fingerprint density at radius 2 is 2.00 bits per heavy atom. The smallest absolute Gasteiger partial charge is 0.393 e. The Bertz CT molecular complexity index is 630. The van der Waals surface area contributed by atoms with Crippen molar-refractivity contribution in [3.8, 4) is 0 Å². The molecule has 22 heavy (non-hydrogen) atoms. The molecule has 2 rings (SSSR count). The minimum atomic E-state index is -4.59. The Morgan fingerprint density at radius 3 is 2.55 bits per heavy atom. The van der Waals surface area contributed by atoms with Crippen molar-refractivity contribution >= 4 is 10.0 Å². The van der Waals surface area contributed by atoms with Crippen LogP contribution >= 0.6 is 0 Å². The van der Waals surface area contributed by atoms with Gasteiger partial charge in [-0.2, -0.15) is 13.2 Å². The topological polar surface area (TPSA) is 57.6 Å². The zero-order chi connectivity index (χ0) is 16.5. The van der Waals surface area contributed by atoms with Gasteiger partial charge in [0.25, 0.3) is 0 Å². The number of aliphatic hydroxyl groups is 1. The summed E-state index contributed by atoms with van der Waals surface area (Å²) in [6.45, 7) is 0.0970. The molecule has 0 heterocycles. The first-order chi connectivity index (χ1) is 10.1. The van der Waals surface area contributed by atoms with Crippen LogP contribution < -0.4 is 0 Å². The standard InChI is InChI=1S/C14H18F3NO3S/c1-18(9-10-4-2-7-13(10)19)22(20,21)12-6-3-5-11(8-12)14(15,16)17/h3,5-6,8,10,13,19H,2,4,7,9H2,1H3. The maximum absolute atomic E-state index is 12.7. The summed E-state index contributed by atoms with van der Waals surface area (Å²) in [5, 5.41) is 9.75. The van der Waals surface area contributed by atoms with Crippen molar-refractivity contribution < 1.29 is 26.7 Å². The number of rotatable bonds is 4. The normalized spacial score (nSPS) is 23.2. The van der Waals surface area contributed by atoms with Crippen molar-refractivity contribution in [3.05, 3.63) is 29.8 Å². The molecule has 1 fully saturated rings. The molecule has 2 atom stereocenters. The highest BCUT2D eigenvalue weighted by Gasteiger charge is 2.34. The fourth-order valence-electron chi connectivity index (χ4n) is 2.67. The summed E-state index contributed by atoms with van der Waals surface area (Å²) in [7, 11) is -2.69. The second-order valence-corrected chi connectivity index (χ2v) is 7.61. The number of hydrogen-bond acceptors (Lipinski definition) is 3. The van der Waals surface area contributed by atoms with Crippen LogP contribution in [0.5, 0.6) is 0 Å². The maximum Gasteiger partial charge on any atom is 0.416 e. The molecule has 0 aliphatic heterocycles. The van der Waals surface area contributed by atoms with Gasteiger partial charge in [0.1, 0.15) is 0 Å². The summed E-state index contributed by atoms with van der Waals surface area (Å²) in [6.07, 6.45) is -2.99. The first kappa shape index (κ1) is 17.2. The summed E-state index contributed by atoms with van der Waals surface area (Å²) in [6, 6.07) is 3.69. The fraction of sp³-hybridized carbons (Fsp3) is 0.571. The largest absolute Gasteiger partial charge is 0.416 e. The van der Waals surface area contributed by atoms with Crippen LogP contribution in [0.2, 0.25) is 0 Å². The van der Waals surface area contributed by atoms with Crippen LogP contribution in [0, 0.1) is 5.92 Å². The molecule has 0 bridgehead atoms. The van der Waals surface area contributed by atoms with E-state index in [-0.39, 0.29) is 12.5 Å². The van der Waals surface area contributed by atoms with Crippen LogP contribution in [0.25, 0.3) is 0 Å². The van der Waals surface area contributed by atoms with E-state index in [4.69, 9.17) is 0 Å². The van der Waals surface area contributed by atoms with Crippen LogP contribution in [-0.2, 0) is 16.2 Å². The van der Waals surface area contributed by atoms with E-state index < -0.39 is 32.8 Å². The Balaban J connectivity index is 2.22. The van der Waals surface area contributed by atoms with Crippen LogP contribution in [-0.4, -0.2) is 37.5 Å². The Hall–Kier alpha value is -1.12. The maximum atomic E-state index is 12.7. The summed E-state index contributed by atoms with van der Waals surface area (Å²) < 4.78 is 63.9. The zero-order valence-corrected chi connectivity index (χ0v) is 12.9. The molecule has 0 aromatic heterocycles. The van der Waals surface area contributed by atoms with E-state index in [1.165, 1.54) is 7.05 Å². The molecule has 1 aliphatic carbocycles. The lowest BCUT2D eigenvalue weighted by Crippen LogP contribution is -2.34. The highest BCUT2D eigenvalue weighted by Crippen LogP contribution is 2.32. The van der Waals surface area contributed by atoms with Gasteiger partial charge in [-0.25, -0.2) is 12.7 Å². The van der Waals surface area contributed by atoms with Crippen LogP contribution in [0.1, 0.15) is 24.8 Å².